The molecule has 0 aliphatic carbocycles. The third kappa shape index (κ3) is 4.10. The van der Waals surface area contributed by atoms with E-state index in [1.807, 2.05) is 27.7 Å². The van der Waals surface area contributed by atoms with Crippen molar-refractivity contribution in [1.82, 2.24) is 24.5 Å². The molecule has 3 heterocycles. The lowest BCUT2D eigenvalue weighted by molar-refractivity contribution is 0.366. The van der Waals surface area contributed by atoms with E-state index in [9.17, 15) is 13.2 Å². The second-order valence-corrected chi connectivity index (χ2v) is 10.7. The largest absolute Gasteiger partial charge is 0.354 e. The number of hydrogen-bond acceptors (Lipinski definition) is 7. The Bertz CT molecular complexity index is 1170. The van der Waals surface area contributed by atoms with E-state index in [-0.39, 0.29) is 30.1 Å². The summed E-state index contributed by atoms with van der Waals surface area (Å²) in [5.74, 6) is 0.269. The second kappa shape index (κ2) is 7.30. The van der Waals surface area contributed by atoms with Gasteiger partial charge in [-0.05, 0) is 40.7 Å². The summed E-state index contributed by atoms with van der Waals surface area (Å²) in [5.41, 5.74) is -0.150. The van der Waals surface area contributed by atoms with Crippen molar-refractivity contribution in [3.63, 3.8) is 0 Å². The van der Waals surface area contributed by atoms with Gasteiger partial charge in [-0.25, -0.2) is 17.8 Å². The molecule has 0 unspecified atom stereocenters. The number of nitrogens with one attached hydrogen (secondary N) is 3. The molecule has 0 saturated heterocycles. The van der Waals surface area contributed by atoms with Crippen molar-refractivity contribution in [1.29, 1.82) is 0 Å². The molecule has 3 rings (SSSR count). The summed E-state index contributed by atoms with van der Waals surface area (Å²) in [6, 6.07) is 1.66. The Morgan fingerprint density at radius 2 is 1.96 bits per heavy atom. The SMILES string of the molecule is Cc1cc(S(=O)(=O)NCCNc2nc3c(cnn3C(C)(C)C)c(=O)[nH]2)c(C)s1. The molecule has 11 heteroatoms. The highest BCUT2D eigenvalue weighted by Crippen LogP contribution is 2.24. The summed E-state index contributed by atoms with van der Waals surface area (Å²) in [6.45, 7) is 9.98. The number of aryl methyl sites for hydroxylation is 2. The molecule has 0 aliphatic rings. The highest BCUT2D eigenvalue weighted by molar-refractivity contribution is 7.89. The fourth-order valence-electron chi connectivity index (χ4n) is 2.81. The van der Waals surface area contributed by atoms with Gasteiger partial charge < -0.3 is 5.32 Å². The summed E-state index contributed by atoms with van der Waals surface area (Å²) in [4.78, 5) is 21.3. The number of sulfonamides is 1. The van der Waals surface area contributed by atoms with E-state index in [0.717, 1.165) is 9.75 Å². The second-order valence-electron chi connectivity index (χ2n) is 7.48. The van der Waals surface area contributed by atoms with Crippen LogP contribution in [0.2, 0.25) is 0 Å². The van der Waals surface area contributed by atoms with Crippen LogP contribution in [0.25, 0.3) is 11.0 Å². The lowest BCUT2D eigenvalue weighted by Crippen LogP contribution is -2.30. The van der Waals surface area contributed by atoms with Crippen molar-refractivity contribution < 1.29 is 8.42 Å². The highest BCUT2D eigenvalue weighted by atomic mass is 32.2. The van der Waals surface area contributed by atoms with Crippen LogP contribution in [-0.4, -0.2) is 41.3 Å². The number of H-pyrrole nitrogens is 1. The van der Waals surface area contributed by atoms with Crippen LogP contribution in [0.3, 0.4) is 0 Å². The van der Waals surface area contributed by atoms with Crippen LogP contribution in [0.15, 0.2) is 22.0 Å². The third-order valence-corrected chi connectivity index (χ3v) is 6.75. The molecule has 0 radical (unpaired) electrons. The predicted octanol–water partition coefficient (Wildman–Crippen LogP) is 1.94. The number of thiophene rings is 1. The standard InChI is InChI=1S/C17H24N6O3S2/c1-10-8-13(11(2)27-10)28(25,26)20-7-6-18-16-21-14-12(15(24)22-16)9-19-23(14)17(3,4)5/h8-9,20H,6-7H2,1-5H3,(H2,18,21,22,24). The molecular formula is C17H24N6O3S2. The first kappa shape index (κ1) is 20.5. The fraction of sp³-hybridized carbons (Fsp3) is 0.471. The van der Waals surface area contributed by atoms with Gasteiger partial charge in [-0.3, -0.25) is 9.78 Å². The highest BCUT2D eigenvalue weighted by Gasteiger charge is 2.20. The van der Waals surface area contributed by atoms with Crippen molar-refractivity contribution in [2.75, 3.05) is 18.4 Å². The van der Waals surface area contributed by atoms with Crippen LogP contribution >= 0.6 is 11.3 Å². The number of hydrogen-bond donors (Lipinski definition) is 3. The molecule has 3 aromatic rings. The Balaban J connectivity index is 1.71. The van der Waals surface area contributed by atoms with Crippen LogP contribution in [0, 0.1) is 13.8 Å². The Morgan fingerprint density at radius 3 is 2.57 bits per heavy atom. The molecule has 0 aliphatic heterocycles. The van der Waals surface area contributed by atoms with Gasteiger partial charge in [0.15, 0.2) is 5.65 Å². The van der Waals surface area contributed by atoms with E-state index in [2.05, 4.69) is 25.1 Å². The fourth-order valence-corrected chi connectivity index (χ4v) is 5.40. The maximum atomic E-state index is 12.4. The summed E-state index contributed by atoms with van der Waals surface area (Å²) < 4.78 is 29.1. The number of aromatic amines is 1. The molecule has 152 valence electrons. The van der Waals surface area contributed by atoms with Crippen LogP contribution in [0.5, 0.6) is 0 Å². The van der Waals surface area contributed by atoms with E-state index in [1.165, 1.54) is 17.5 Å². The van der Waals surface area contributed by atoms with Crippen LogP contribution < -0.4 is 15.6 Å². The van der Waals surface area contributed by atoms with Crippen molar-refractivity contribution in [3.8, 4) is 0 Å². The smallest absolute Gasteiger partial charge is 0.263 e. The molecule has 28 heavy (non-hydrogen) atoms. The molecule has 0 bridgehead atoms. The molecule has 3 aromatic heterocycles. The number of anilines is 1. The number of nitrogens with zero attached hydrogens (tertiary/aromatic N) is 3. The van der Waals surface area contributed by atoms with E-state index in [1.54, 1.807) is 17.7 Å². The molecular weight excluding hydrogens is 400 g/mol. The molecule has 9 nitrogen and oxygen atoms in total. The van der Waals surface area contributed by atoms with Crippen LogP contribution in [0.4, 0.5) is 5.95 Å². The minimum absolute atomic E-state index is 0.150. The monoisotopic (exact) mass is 424 g/mol. The van der Waals surface area contributed by atoms with Crippen molar-refractivity contribution in [2.45, 2.75) is 45.1 Å². The molecule has 0 fully saturated rings. The van der Waals surface area contributed by atoms with E-state index in [0.29, 0.717) is 15.9 Å². The first-order valence-electron chi connectivity index (χ1n) is 8.78. The zero-order valence-electron chi connectivity index (χ0n) is 16.5. The number of rotatable bonds is 6. The zero-order valence-corrected chi connectivity index (χ0v) is 18.1. The molecule has 0 aromatic carbocycles. The maximum Gasteiger partial charge on any atom is 0.263 e. The van der Waals surface area contributed by atoms with Gasteiger partial charge in [0.1, 0.15) is 5.39 Å². The first-order chi connectivity index (χ1) is 13.0. The minimum atomic E-state index is -3.57. The van der Waals surface area contributed by atoms with Gasteiger partial charge in [0.2, 0.25) is 16.0 Å². The van der Waals surface area contributed by atoms with Gasteiger partial charge >= 0.3 is 0 Å². The van der Waals surface area contributed by atoms with Gasteiger partial charge in [-0.15, -0.1) is 11.3 Å². The summed E-state index contributed by atoms with van der Waals surface area (Å²) in [5, 5.41) is 7.62. The van der Waals surface area contributed by atoms with Crippen LogP contribution in [0.1, 0.15) is 30.5 Å². The minimum Gasteiger partial charge on any atom is -0.354 e. The predicted molar refractivity (Wildman–Crippen MR) is 111 cm³/mol. The first-order valence-corrected chi connectivity index (χ1v) is 11.1. The quantitative estimate of drug-likeness (QED) is 0.520. The van der Waals surface area contributed by atoms with Crippen molar-refractivity contribution in [3.05, 3.63) is 32.4 Å². The Morgan fingerprint density at radius 1 is 1.25 bits per heavy atom. The Hall–Kier alpha value is -2.24. The van der Waals surface area contributed by atoms with E-state index in [4.69, 9.17) is 0 Å². The average molecular weight is 425 g/mol. The molecule has 0 atom stereocenters. The molecule has 0 spiro atoms. The van der Waals surface area contributed by atoms with E-state index >= 15 is 0 Å². The number of fused-ring (bicyclic) bond motifs is 1. The van der Waals surface area contributed by atoms with Gasteiger partial charge in [-0.2, -0.15) is 10.1 Å². The average Bonchev–Trinajstić information content (AvgIpc) is 3.15. The third-order valence-electron chi connectivity index (χ3n) is 4.07. The maximum absolute atomic E-state index is 12.4. The van der Waals surface area contributed by atoms with Gasteiger partial charge in [0.25, 0.3) is 5.56 Å². The topological polar surface area (TPSA) is 122 Å². The van der Waals surface area contributed by atoms with Crippen molar-refractivity contribution >= 4 is 38.3 Å². The summed E-state index contributed by atoms with van der Waals surface area (Å²) >= 11 is 1.45. The van der Waals surface area contributed by atoms with Crippen LogP contribution in [-0.2, 0) is 15.6 Å². The Kier molecular flexibility index (Phi) is 5.34. The van der Waals surface area contributed by atoms with Gasteiger partial charge in [0, 0.05) is 22.8 Å². The zero-order chi connectivity index (χ0) is 20.7. The molecule has 3 N–H and O–H groups in total. The Labute approximate surface area is 167 Å². The summed E-state index contributed by atoms with van der Waals surface area (Å²) in [7, 11) is -3.57. The van der Waals surface area contributed by atoms with Gasteiger partial charge in [0.05, 0.1) is 16.6 Å². The summed E-state index contributed by atoms with van der Waals surface area (Å²) in [6.07, 6.45) is 1.50. The normalized spacial score (nSPS) is 12.6. The van der Waals surface area contributed by atoms with Gasteiger partial charge in [-0.1, -0.05) is 0 Å². The lowest BCUT2D eigenvalue weighted by Gasteiger charge is -2.19. The lowest BCUT2D eigenvalue weighted by atomic mass is 10.1. The van der Waals surface area contributed by atoms with Crippen molar-refractivity contribution in [2.24, 2.45) is 0 Å². The molecule has 0 amide bonds. The molecule has 0 saturated carbocycles. The number of aromatic nitrogens is 4. The van der Waals surface area contributed by atoms with E-state index < -0.39 is 10.0 Å².